The van der Waals surface area contributed by atoms with Gasteiger partial charge in [0.1, 0.15) is 5.75 Å². The Balaban J connectivity index is 1.61. The Bertz CT molecular complexity index is 963. The quantitative estimate of drug-likeness (QED) is 0.549. The molecule has 0 bridgehead atoms. The van der Waals surface area contributed by atoms with Gasteiger partial charge in [-0.05, 0) is 67.8 Å². The lowest BCUT2D eigenvalue weighted by Gasteiger charge is -2.08. The van der Waals surface area contributed by atoms with Crippen molar-refractivity contribution < 1.29 is 9.53 Å². The Hall–Kier alpha value is -2.80. The van der Waals surface area contributed by atoms with Gasteiger partial charge < -0.3 is 14.6 Å². The van der Waals surface area contributed by atoms with Gasteiger partial charge in [-0.3, -0.25) is 4.79 Å². The van der Waals surface area contributed by atoms with Gasteiger partial charge >= 0.3 is 0 Å². The molecule has 0 unspecified atom stereocenters. The fraction of sp³-hybridized carbons (Fsp3) is 0.318. The second-order valence-electron chi connectivity index (χ2n) is 6.95. The van der Waals surface area contributed by atoms with Crippen LogP contribution in [-0.4, -0.2) is 33.0 Å². The number of thioether (sulfide) groups is 1. The number of aromatic nitrogens is 3. The molecule has 0 spiro atoms. The first-order valence-electron chi connectivity index (χ1n) is 9.60. The van der Waals surface area contributed by atoms with Gasteiger partial charge in [0.05, 0.1) is 12.4 Å². The first kappa shape index (κ1) is 20.9. The fourth-order valence-electron chi connectivity index (χ4n) is 2.99. The maximum atomic E-state index is 12.3. The van der Waals surface area contributed by atoms with Gasteiger partial charge in [-0.25, -0.2) is 0 Å². The zero-order valence-electron chi connectivity index (χ0n) is 17.2. The standard InChI is InChI=1S/C22H26N4O2S/c1-5-10-28-19-8-6-17(7-9-19)21-24-25-22(26(21)4)29-14-20(27)23-18-12-15(2)11-16(3)13-18/h6-9,11-13H,5,10,14H2,1-4H3,(H,23,27). The molecule has 6 nitrogen and oxygen atoms in total. The van der Waals surface area contributed by atoms with Crippen LogP contribution in [0.5, 0.6) is 5.75 Å². The molecule has 3 rings (SSSR count). The predicted octanol–water partition coefficient (Wildman–Crippen LogP) is 4.62. The van der Waals surface area contributed by atoms with Crippen LogP contribution in [0.1, 0.15) is 24.5 Å². The van der Waals surface area contributed by atoms with Crippen molar-refractivity contribution in [1.82, 2.24) is 14.8 Å². The van der Waals surface area contributed by atoms with Gasteiger partial charge in [0.15, 0.2) is 11.0 Å². The van der Waals surface area contributed by atoms with Gasteiger partial charge in [0.2, 0.25) is 5.91 Å². The number of anilines is 1. The molecule has 0 saturated heterocycles. The van der Waals surface area contributed by atoms with Gasteiger partial charge in [-0.2, -0.15) is 0 Å². The van der Waals surface area contributed by atoms with Crippen LogP contribution in [0.15, 0.2) is 47.6 Å². The number of rotatable bonds is 8. The first-order valence-corrected chi connectivity index (χ1v) is 10.6. The van der Waals surface area contributed by atoms with Crippen molar-refractivity contribution in [2.45, 2.75) is 32.3 Å². The number of hydrogen-bond donors (Lipinski definition) is 1. The van der Waals surface area contributed by atoms with Crippen LogP contribution in [-0.2, 0) is 11.8 Å². The largest absolute Gasteiger partial charge is 0.494 e. The summed E-state index contributed by atoms with van der Waals surface area (Å²) in [5, 5.41) is 12.2. The zero-order chi connectivity index (χ0) is 20.8. The highest BCUT2D eigenvalue weighted by Gasteiger charge is 2.13. The summed E-state index contributed by atoms with van der Waals surface area (Å²) in [6.07, 6.45) is 0.975. The molecule has 0 atom stereocenters. The van der Waals surface area contributed by atoms with E-state index in [9.17, 15) is 4.79 Å². The number of hydrogen-bond acceptors (Lipinski definition) is 5. The second-order valence-corrected chi connectivity index (χ2v) is 7.89. The molecular weight excluding hydrogens is 384 g/mol. The van der Waals surface area contributed by atoms with E-state index in [0.29, 0.717) is 11.8 Å². The molecule has 1 amide bonds. The van der Waals surface area contributed by atoms with Crippen molar-refractivity contribution in [1.29, 1.82) is 0 Å². The van der Waals surface area contributed by atoms with Crippen LogP contribution in [0.4, 0.5) is 5.69 Å². The number of amides is 1. The first-order chi connectivity index (χ1) is 14.0. The minimum absolute atomic E-state index is 0.0676. The van der Waals surface area contributed by atoms with Gasteiger partial charge in [0.25, 0.3) is 0 Å². The SMILES string of the molecule is CCCOc1ccc(-c2nnc(SCC(=O)Nc3cc(C)cc(C)c3)n2C)cc1. The van der Waals surface area contributed by atoms with Crippen molar-refractivity contribution >= 4 is 23.4 Å². The Morgan fingerprint density at radius 1 is 1.10 bits per heavy atom. The third-order valence-electron chi connectivity index (χ3n) is 4.26. The lowest BCUT2D eigenvalue weighted by Crippen LogP contribution is -2.14. The smallest absolute Gasteiger partial charge is 0.234 e. The van der Waals surface area contributed by atoms with Crippen molar-refractivity contribution in [2.75, 3.05) is 17.7 Å². The summed E-state index contributed by atoms with van der Waals surface area (Å²) in [6.45, 7) is 6.81. The molecule has 1 aromatic heterocycles. The third kappa shape index (κ3) is 5.60. The summed E-state index contributed by atoms with van der Waals surface area (Å²) in [4.78, 5) is 12.3. The molecule has 0 radical (unpaired) electrons. The average molecular weight is 411 g/mol. The maximum Gasteiger partial charge on any atom is 0.234 e. The molecule has 1 N–H and O–H groups in total. The van der Waals surface area contributed by atoms with Crippen LogP contribution < -0.4 is 10.1 Å². The Morgan fingerprint density at radius 2 is 1.79 bits per heavy atom. The molecule has 0 aliphatic heterocycles. The molecule has 0 aliphatic carbocycles. The predicted molar refractivity (Wildman–Crippen MR) is 117 cm³/mol. The highest BCUT2D eigenvalue weighted by molar-refractivity contribution is 7.99. The monoisotopic (exact) mass is 410 g/mol. The minimum atomic E-state index is -0.0676. The zero-order valence-corrected chi connectivity index (χ0v) is 18.0. The molecule has 29 heavy (non-hydrogen) atoms. The molecule has 3 aromatic rings. The molecule has 1 heterocycles. The summed E-state index contributed by atoms with van der Waals surface area (Å²) in [5.41, 5.74) is 4.02. The molecule has 2 aromatic carbocycles. The van der Waals surface area contributed by atoms with Gasteiger partial charge in [-0.15, -0.1) is 10.2 Å². The molecule has 152 valence electrons. The number of benzene rings is 2. The van der Waals surface area contributed by atoms with Gasteiger partial charge in [-0.1, -0.05) is 24.8 Å². The second kappa shape index (κ2) is 9.60. The Morgan fingerprint density at radius 3 is 2.45 bits per heavy atom. The number of ether oxygens (including phenoxy) is 1. The van der Waals surface area contributed by atoms with Crippen molar-refractivity contribution in [3.63, 3.8) is 0 Å². The normalized spacial score (nSPS) is 10.8. The highest BCUT2D eigenvalue weighted by atomic mass is 32.2. The molecular formula is C22H26N4O2S. The van der Waals surface area contributed by atoms with Crippen LogP contribution in [0.25, 0.3) is 11.4 Å². The fourth-order valence-corrected chi connectivity index (χ4v) is 3.70. The van der Waals surface area contributed by atoms with E-state index in [1.807, 2.05) is 61.9 Å². The minimum Gasteiger partial charge on any atom is -0.494 e. The third-order valence-corrected chi connectivity index (χ3v) is 5.28. The highest BCUT2D eigenvalue weighted by Crippen LogP contribution is 2.25. The molecule has 0 fully saturated rings. The van der Waals surface area contributed by atoms with E-state index in [2.05, 4.69) is 28.5 Å². The lowest BCUT2D eigenvalue weighted by atomic mass is 10.1. The summed E-state index contributed by atoms with van der Waals surface area (Å²) in [6, 6.07) is 13.8. The van der Waals surface area contributed by atoms with E-state index in [0.717, 1.165) is 40.4 Å². The van der Waals surface area contributed by atoms with E-state index >= 15 is 0 Å². The summed E-state index contributed by atoms with van der Waals surface area (Å²) >= 11 is 1.37. The topological polar surface area (TPSA) is 69.0 Å². The van der Waals surface area contributed by atoms with Crippen LogP contribution in [0, 0.1) is 13.8 Å². The number of aryl methyl sites for hydroxylation is 2. The average Bonchev–Trinajstić information content (AvgIpc) is 3.05. The molecule has 7 heteroatoms. The van der Waals surface area contributed by atoms with Crippen molar-refractivity contribution in [3.8, 4) is 17.1 Å². The van der Waals surface area contributed by atoms with E-state index in [1.165, 1.54) is 11.8 Å². The summed E-state index contributed by atoms with van der Waals surface area (Å²) in [5.74, 6) is 1.80. The summed E-state index contributed by atoms with van der Waals surface area (Å²) in [7, 11) is 1.90. The Kier molecular flexibility index (Phi) is 6.93. The van der Waals surface area contributed by atoms with Crippen molar-refractivity contribution in [2.24, 2.45) is 7.05 Å². The number of carbonyl (C=O) groups excluding carboxylic acids is 1. The lowest BCUT2D eigenvalue weighted by molar-refractivity contribution is -0.113. The van der Waals surface area contributed by atoms with Gasteiger partial charge in [0, 0.05) is 18.3 Å². The van der Waals surface area contributed by atoms with Crippen LogP contribution in [0.3, 0.4) is 0 Å². The number of nitrogens with zero attached hydrogens (tertiary/aromatic N) is 3. The molecule has 0 aliphatic rings. The number of carbonyl (C=O) groups is 1. The van der Waals surface area contributed by atoms with E-state index < -0.39 is 0 Å². The number of nitrogens with one attached hydrogen (secondary N) is 1. The van der Waals surface area contributed by atoms with E-state index in [4.69, 9.17) is 4.74 Å². The maximum absolute atomic E-state index is 12.3. The summed E-state index contributed by atoms with van der Waals surface area (Å²) < 4.78 is 7.52. The van der Waals surface area contributed by atoms with Crippen LogP contribution >= 0.6 is 11.8 Å². The Labute approximate surface area is 175 Å². The van der Waals surface area contributed by atoms with Crippen LogP contribution in [0.2, 0.25) is 0 Å². The van der Waals surface area contributed by atoms with E-state index in [1.54, 1.807) is 0 Å². The molecule has 0 saturated carbocycles. The van der Waals surface area contributed by atoms with Crippen molar-refractivity contribution in [3.05, 3.63) is 53.6 Å². The van der Waals surface area contributed by atoms with E-state index in [-0.39, 0.29) is 11.7 Å².